The van der Waals surface area contributed by atoms with E-state index in [1.165, 1.54) is 11.3 Å². The van der Waals surface area contributed by atoms with E-state index in [9.17, 15) is 4.79 Å². The molecule has 0 atom stereocenters. The van der Waals surface area contributed by atoms with Gasteiger partial charge in [-0.1, -0.05) is 22.8 Å². The molecule has 0 fully saturated rings. The van der Waals surface area contributed by atoms with Crippen molar-refractivity contribution in [3.8, 4) is 11.5 Å². The second kappa shape index (κ2) is 7.35. The van der Waals surface area contributed by atoms with Gasteiger partial charge in [-0.15, -0.1) is 16.4 Å². The second-order valence-corrected chi connectivity index (χ2v) is 7.39. The van der Waals surface area contributed by atoms with Crippen LogP contribution in [0.25, 0.3) is 0 Å². The number of amides is 1. The van der Waals surface area contributed by atoms with Crippen molar-refractivity contribution in [1.82, 2.24) is 10.2 Å². The first kappa shape index (κ1) is 16.9. The maximum atomic E-state index is 12.0. The number of thiophene rings is 1. The summed E-state index contributed by atoms with van der Waals surface area (Å²) < 4.78 is 17.2. The highest BCUT2D eigenvalue weighted by Crippen LogP contribution is 2.31. The molecular weight excluding hydrogens is 378 g/mol. The Balaban J connectivity index is 1.37. The Labute approximate surface area is 157 Å². The minimum absolute atomic E-state index is 0.0743. The minimum Gasteiger partial charge on any atom is -0.486 e. The molecule has 3 aromatic rings. The summed E-state index contributed by atoms with van der Waals surface area (Å²) in [5.41, 5.74) is 0.948. The van der Waals surface area contributed by atoms with Gasteiger partial charge in [0.1, 0.15) is 13.2 Å². The van der Waals surface area contributed by atoms with Gasteiger partial charge in [0.25, 0.3) is 0 Å². The van der Waals surface area contributed by atoms with E-state index in [2.05, 4.69) is 15.5 Å². The number of nitrogens with one attached hydrogen (secondary N) is 1. The van der Waals surface area contributed by atoms with Crippen molar-refractivity contribution in [1.29, 1.82) is 0 Å². The third-order valence-corrected chi connectivity index (χ3v) is 4.87. The zero-order chi connectivity index (χ0) is 17.9. The largest absolute Gasteiger partial charge is 0.486 e. The molecule has 1 aliphatic heterocycles. The minimum atomic E-state index is -0.238. The predicted molar refractivity (Wildman–Crippen MR) is 96.2 cm³/mol. The number of ether oxygens (including phenoxy) is 2. The molecule has 1 N–H and O–H groups in total. The Morgan fingerprint density at radius 2 is 2.00 bits per heavy atom. The average Bonchev–Trinajstić information content (AvgIpc) is 3.23. The average molecular weight is 392 g/mol. The fourth-order valence-corrected chi connectivity index (χ4v) is 3.60. The summed E-state index contributed by atoms with van der Waals surface area (Å²) in [6.45, 7) is 1.08. The van der Waals surface area contributed by atoms with E-state index in [1.54, 1.807) is 6.07 Å². The smallest absolute Gasteiger partial charge is 0.322 e. The molecule has 4 rings (SSSR count). The van der Waals surface area contributed by atoms with E-state index < -0.39 is 0 Å². The lowest BCUT2D eigenvalue weighted by atomic mass is 10.1. The molecule has 0 bridgehead atoms. The predicted octanol–water partition coefficient (Wildman–Crippen LogP) is 3.33. The van der Waals surface area contributed by atoms with Crippen LogP contribution in [-0.4, -0.2) is 29.3 Å². The number of hydrogen-bond acceptors (Lipinski definition) is 7. The molecule has 9 heteroatoms. The van der Waals surface area contributed by atoms with Gasteiger partial charge in [-0.05, 0) is 29.8 Å². The highest BCUT2D eigenvalue weighted by molar-refractivity contribution is 7.16. The summed E-state index contributed by atoms with van der Waals surface area (Å²) in [6, 6.07) is 9.30. The number of anilines is 1. The molecule has 1 aromatic carbocycles. The van der Waals surface area contributed by atoms with Crippen molar-refractivity contribution < 1.29 is 18.7 Å². The molecule has 1 aliphatic rings. The van der Waals surface area contributed by atoms with Crippen LogP contribution >= 0.6 is 22.9 Å². The van der Waals surface area contributed by atoms with Crippen LogP contribution in [0.5, 0.6) is 11.5 Å². The summed E-state index contributed by atoms with van der Waals surface area (Å²) in [6.07, 6.45) is 0.636. The van der Waals surface area contributed by atoms with Crippen LogP contribution in [0.2, 0.25) is 4.34 Å². The van der Waals surface area contributed by atoms with Gasteiger partial charge in [-0.3, -0.25) is 10.1 Å². The van der Waals surface area contributed by atoms with Crippen LogP contribution in [0.1, 0.15) is 16.3 Å². The van der Waals surface area contributed by atoms with Gasteiger partial charge in [0, 0.05) is 4.88 Å². The van der Waals surface area contributed by atoms with Crippen molar-refractivity contribution in [3.63, 3.8) is 0 Å². The topological polar surface area (TPSA) is 86.5 Å². The van der Waals surface area contributed by atoms with Gasteiger partial charge >= 0.3 is 6.01 Å². The number of fused-ring (bicyclic) bond motifs is 1. The number of rotatable bonds is 5. The van der Waals surface area contributed by atoms with Crippen LogP contribution < -0.4 is 14.8 Å². The molecule has 1 amide bonds. The maximum Gasteiger partial charge on any atom is 0.322 e. The van der Waals surface area contributed by atoms with E-state index in [0.29, 0.717) is 35.6 Å². The SMILES string of the molecule is O=C(Cc1ccc(Cl)s1)Nc1nnc(Cc2ccc3c(c2)OCCO3)o1. The summed E-state index contributed by atoms with van der Waals surface area (Å²) in [5.74, 6) is 1.60. The Morgan fingerprint density at radius 1 is 1.15 bits per heavy atom. The number of carbonyl (C=O) groups excluding carboxylic acids is 1. The first-order valence-electron chi connectivity index (χ1n) is 7.91. The molecule has 134 valence electrons. The maximum absolute atomic E-state index is 12.0. The second-order valence-electron chi connectivity index (χ2n) is 5.59. The summed E-state index contributed by atoms with van der Waals surface area (Å²) in [5, 5.41) is 10.4. The van der Waals surface area contributed by atoms with Crippen molar-refractivity contribution in [2.24, 2.45) is 0 Å². The monoisotopic (exact) mass is 391 g/mol. The Bertz CT molecular complexity index is 940. The molecule has 0 aliphatic carbocycles. The van der Waals surface area contributed by atoms with E-state index in [-0.39, 0.29) is 18.3 Å². The van der Waals surface area contributed by atoms with Crippen LogP contribution in [-0.2, 0) is 17.6 Å². The van der Waals surface area contributed by atoms with Gasteiger partial charge in [0.2, 0.25) is 11.8 Å². The molecule has 0 spiro atoms. The van der Waals surface area contributed by atoms with Crippen molar-refractivity contribution in [2.45, 2.75) is 12.8 Å². The van der Waals surface area contributed by atoms with Gasteiger partial charge in [0.15, 0.2) is 11.5 Å². The highest BCUT2D eigenvalue weighted by Gasteiger charge is 2.15. The number of benzene rings is 1. The van der Waals surface area contributed by atoms with E-state index in [1.807, 2.05) is 24.3 Å². The van der Waals surface area contributed by atoms with Gasteiger partial charge < -0.3 is 13.9 Å². The van der Waals surface area contributed by atoms with E-state index in [4.69, 9.17) is 25.5 Å². The van der Waals surface area contributed by atoms with Crippen LogP contribution in [0, 0.1) is 0 Å². The highest BCUT2D eigenvalue weighted by atomic mass is 35.5. The molecule has 0 saturated heterocycles. The third-order valence-electron chi connectivity index (χ3n) is 3.64. The molecule has 2 aromatic heterocycles. The van der Waals surface area contributed by atoms with Crippen LogP contribution in [0.3, 0.4) is 0 Å². The van der Waals surface area contributed by atoms with Gasteiger partial charge in [-0.2, -0.15) is 0 Å². The lowest BCUT2D eigenvalue weighted by Gasteiger charge is -2.18. The lowest BCUT2D eigenvalue weighted by Crippen LogP contribution is -2.15. The van der Waals surface area contributed by atoms with Gasteiger partial charge in [-0.25, -0.2) is 0 Å². The van der Waals surface area contributed by atoms with Crippen LogP contribution in [0.4, 0.5) is 6.01 Å². The normalized spacial score (nSPS) is 12.8. The summed E-state index contributed by atoms with van der Waals surface area (Å²) in [7, 11) is 0. The molecule has 0 unspecified atom stereocenters. The van der Waals surface area contributed by atoms with Gasteiger partial charge in [0.05, 0.1) is 17.2 Å². The lowest BCUT2D eigenvalue weighted by molar-refractivity contribution is -0.115. The number of halogens is 1. The molecule has 3 heterocycles. The Kier molecular flexibility index (Phi) is 4.77. The fraction of sp³-hybridized carbons (Fsp3) is 0.235. The fourth-order valence-electron chi connectivity index (χ4n) is 2.52. The zero-order valence-electron chi connectivity index (χ0n) is 13.5. The summed E-state index contributed by atoms with van der Waals surface area (Å²) >= 11 is 7.22. The Hall–Kier alpha value is -2.58. The molecular formula is C17H14ClN3O4S. The standard InChI is InChI=1S/C17H14ClN3O4S/c18-14-4-2-11(26-14)9-15(22)19-17-21-20-16(25-17)8-10-1-3-12-13(7-10)24-6-5-23-12/h1-4,7H,5-6,8-9H2,(H,19,21,22). The van der Waals surface area contributed by atoms with E-state index in [0.717, 1.165) is 16.2 Å². The van der Waals surface area contributed by atoms with Crippen molar-refractivity contribution in [2.75, 3.05) is 18.5 Å². The third kappa shape index (κ3) is 3.97. The van der Waals surface area contributed by atoms with Crippen LogP contribution in [0.15, 0.2) is 34.7 Å². The molecule has 7 nitrogen and oxygen atoms in total. The number of hydrogen-bond donors (Lipinski definition) is 1. The molecule has 0 radical (unpaired) electrons. The Morgan fingerprint density at radius 3 is 2.81 bits per heavy atom. The number of nitrogens with zero attached hydrogens (tertiary/aromatic N) is 2. The summed E-state index contributed by atoms with van der Waals surface area (Å²) in [4.78, 5) is 12.9. The van der Waals surface area contributed by atoms with Crippen molar-refractivity contribution >= 4 is 34.9 Å². The zero-order valence-corrected chi connectivity index (χ0v) is 15.1. The van der Waals surface area contributed by atoms with E-state index >= 15 is 0 Å². The van der Waals surface area contributed by atoms with Crippen molar-refractivity contribution in [3.05, 3.63) is 51.0 Å². The number of aromatic nitrogens is 2. The number of carbonyl (C=O) groups is 1. The quantitative estimate of drug-likeness (QED) is 0.717. The molecule has 0 saturated carbocycles. The first-order chi connectivity index (χ1) is 12.7. The molecule has 26 heavy (non-hydrogen) atoms. The first-order valence-corrected chi connectivity index (χ1v) is 9.10.